The van der Waals surface area contributed by atoms with E-state index < -0.39 is 0 Å². The molecule has 0 aliphatic carbocycles. The van der Waals surface area contributed by atoms with Gasteiger partial charge in [-0.3, -0.25) is 0 Å². The van der Waals surface area contributed by atoms with Crippen molar-refractivity contribution in [3.05, 3.63) is 78.4 Å². The summed E-state index contributed by atoms with van der Waals surface area (Å²) in [4.78, 5) is 2.30. The molecule has 0 atom stereocenters. The molecule has 0 aliphatic rings. The topological polar surface area (TPSA) is 22.4 Å². The second kappa shape index (κ2) is 6.69. The summed E-state index contributed by atoms with van der Waals surface area (Å²) in [6.45, 7) is 2.11. The van der Waals surface area contributed by atoms with Crippen LogP contribution in [0.15, 0.2) is 87.0 Å². The van der Waals surface area contributed by atoms with Gasteiger partial charge in [-0.1, -0.05) is 53.7 Å². The standard InChI is InChI=1S/C22H18O2S/c1-15-8-13-20-19(14-15)22(21(24-20)16-6-4-3-5-7-16)25-18-11-9-17(23-2)10-12-18/h3-14H,1-2H3. The van der Waals surface area contributed by atoms with Crippen LogP contribution in [0, 0.1) is 6.92 Å². The van der Waals surface area contributed by atoms with Crippen molar-refractivity contribution in [3.8, 4) is 17.1 Å². The first-order chi connectivity index (χ1) is 12.2. The third kappa shape index (κ3) is 3.15. The van der Waals surface area contributed by atoms with E-state index in [1.165, 1.54) is 5.56 Å². The number of fused-ring (bicyclic) bond motifs is 1. The smallest absolute Gasteiger partial charge is 0.149 e. The molecule has 0 saturated heterocycles. The third-order valence-corrected chi connectivity index (χ3v) is 5.23. The molecule has 25 heavy (non-hydrogen) atoms. The Kier molecular flexibility index (Phi) is 4.24. The molecule has 0 spiro atoms. The molecule has 4 rings (SSSR count). The molecular formula is C22H18O2S. The van der Waals surface area contributed by atoms with Gasteiger partial charge in [-0.15, -0.1) is 0 Å². The summed E-state index contributed by atoms with van der Waals surface area (Å²) in [5, 5.41) is 1.15. The zero-order chi connectivity index (χ0) is 17.2. The lowest BCUT2D eigenvalue weighted by Crippen LogP contribution is -1.82. The highest BCUT2D eigenvalue weighted by molar-refractivity contribution is 7.99. The third-order valence-electron chi connectivity index (χ3n) is 4.11. The van der Waals surface area contributed by atoms with Crippen molar-refractivity contribution in [1.82, 2.24) is 0 Å². The molecule has 0 radical (unpaired) electrons. The monoisotopic (exact) mass is 346 g/mol. The number of rotatable bonds is 4. The van der Waals surface area contributed by atoms with Crippen molar-refractivity contribution in [2.24, 2.45) is 0 Å². The van der Waals surface area contributed by atoms with E-state index in [4.69, 9.17) is 9.15 Å². The maximum absolute atomic E-state index is 6.21. The molecule has 1 heterocycles. The molecule has 0 amide bonds. The van der Waals surface area contributed by atoms with Crippen molar-refractivity contribution in [3.63, 3.8) is 0 Å². The molecule has 2 nitrogen and oxygen atoms in total. The molecule has 0 N–H and O–H groups in total. The summed E-state index contributed by atoms with van der Waals surface area (Å²) >= 11 is 1.72. The van der Waals surface area contributed by atoms with E-state index >= 15 is 0 Å². The molecule has 0 saturated carbocycles. The molecule has 124 valence electrons. The van der Waals surface area contributed by atoms with Gasteiger partial charge in [0.1, 0.15) is 17.1 Å². The largest absolute Gasteiger partial charge is 0.497 e. The van der Waals surface area contributed by atoms with Crippen molar-refractivity contribution in [1.29, 1.82) is 0 Å². The molecule has 3 heteroatoms. The first kappa shape index (κ1) is 15.9. The lowest BCUT2D eigenvalue weighted by atomic mass is 10.1. The molecule has 1 aromatic heterocycles. The normalized spacial score (nSPS) is 11.0. The summed E-state index contributed by atoms with van der Waals surface area (Å²) in [7, 11) is 1.68. The molecule has 0 unspecified atom stereocenters. The van der Waals surface area contributed by atoms with Gasteiger partial charge in [0.15, 0.2) is 0 Å². The summed E-state index contributed by atoms with van der Waals surface area (Å²) in [6, 6.07) is 24.7. The van der Waals surface area contributed by atoms with Gasteiger partial charge in [-0.2, -0.15) is 0 Å². The quantitative estimate of drug-likeness (QED) is 0.417. The number of methoxy groups -OCH3 is 1. The van der Waals surface area contributed by atoms with Crippen LogP contribution < -0.4 is 4.74 Å². The van der Waals surface area contributed by atoms with Crippen LogP contribution in [0.25, 0.3) is 22.3 Å². The Balaban J connectivity index is 1.85. The fourth-order valence-corrected chi connectivity index (χ4v) is 3.86. The second-order valence-electron chi connectivity index (χ2n) is 5.90. The fourth-order valence-electron chi connectivity index (χ4n) is 2.83. The molecular weight excluding hydrogens is 328 g/mol. The highest BCUT2D eigenvalue weighted by Crippen LogP contribution is 2.43. The van der Waals surface area contributed by atoms with Gasteiger partial charge < -0.3 is 9.15 Å². The zero-order valence-corrected chi connectivity index (χ0v) is 15.0. The number of hydrogen-bond acceptors (Lipinski definition) is 3. The average molecular weight is 346 g/mol. The number of ether oxygens (including phenoxy) is 1. The van der Waals surface area contributed by atoms with Gasteiger partial charge in [-0.25, -0.2) is 0 Å². The second-order valence-corrected chi connectivity index (χ2v) is 6.99. The predicted molar refractivity (Wildman–Crippen MR) is 104 cm³/mol. The number of hydrogen-bond donors (Lipinski definition) is 0. The van der Waals surface area contributed by atoms with E-state index in [0.29, 0.717) is 0 Å². The van der Waals surface area contributed by atoms with Gasteiger partial charge in [0, 0.05) is 15.8 Å². The Morgan fingerprint density at radius 1 is 0.880 bits per heavy atom. The Morgan fingerprint density at radius 2 is 1.64 bits per heavy atom. The van der Waals surface area contributed by atoms with Crippen LogP contribution in [0.1, 0.15) is 5.56 Å². The van der Waals surface area contributed by atoms with E-state index in [2.05, 4.69) is 49.4 Å². The zero-order valence-electron chi connectivity index (χ0n) is 14.2. The highest BCUT2D eigenvalue weighted by Gasteiger charge is 2.17. The average Bonchev–Trinajstić information content (AvgIpc) is 3.01. The Bertz CT molecular complexity index is 1000. The summed E-state index contributed by atoms with van der Waals surface area (Å²) in [5.74, 6) is 1.78. The van der Waals surface area contributed by atoms with E-state index in [1.807, 2.05) is 30.3 Å². The van der Waals surface area contributed by atoms with Crippen molar-refractivity contribution in [2.75, 3.05) is 7.11 Å². The molecule has 3 aromatic carbocycles. The van der Waals surface area contributed by atoms with Gasteiger partial charge in [-0.05, 0) is 43.3 Å². The van der Waals surface area contributed by atoms with Crippen molar-refractivity contribution >= 4 is 22.7 Å². The number of aryl methyl sites for hydroxylation is 1. The van der Waals surface area contributed by atoms with Crippen LogP contribution in [-0.4, -0.2) is 7.11 Å². The minimum Gasteiger partial charge on any atom is -0.497 e. The van der Waals surface area contributed by atoms with Crippen LogP contribution in [0.4, 0.5) is 0 Å². The van der Waals surface area contributed by atoms with Crippen molar-refractivity contribution in [2.45, 2.75) is 16.7 Å². The van der Waals surface area contributed by atoms with Crippen LogP contribution in [0.2, 0.25) is 0 Å². The van der Waals surface area contributed by atoms with Gasteiger partial charge >= 0.3 is 0 Å². The van der Waals surface area contributed by atoms with Crippen LogP contribution in [-0.2, 0) is 0 Å². The number of furan rings is 1. The van der Waals surface area contributed by atoms with Crippen LogP contribution in [0.5, 0.6) is 5.75 Å². The van der Waals surface area contributed by atoms with E-state index in [-0.39, 0.29) is 0 Å². The van der Waals surface area contributed by atoms with E-state index in [0.717, 1.165) is 37.8 Å². The molecule has 0 aliphatic heterocycles. The molecule has 4 aromatic rings. The minimum absolute atomic E-state index is 0.862. The number of benzene rings is 3. The van der Waals surface area contributed by atoms with Gasteiger partial charge in [0.25, 0.3) is 0 Å². The summed E-state index contributed by atoms with van der Waals surface area (Å²) < 4.78 is 11.5. The maximum Gasteiger partial charge on any atom is 0.149 e. The molecule has 0 fully saturated rings. The predicted octanol–water partition coefficient (Wildman–Crippen LogP) is 6.57. The first-order valence-electron chi connectivity index (χ1n) is 8.15. The van der Waals surface area contributed by atoms with Gasteiger partial charge in [0.2, 0.25) is 0 Å². The molecule has 0 bridgehead atoms. The van der Waals surface area contributed by atoms with Crippen LogP contribution >= 0.6 is 11.8 Å². The van der Waals surface area contributed by atoms with Gasteiger partial charge in [0.05, 0.1) is 12.0 Å². The summed E-state index contributed by atoms with van der Waals surface area (Å²) in [5.41, 5.74) is 3.23. The Morgan fingerprint density at radius 3 is 2.36 bits per heavy atom. The fraction of sp³-hybridized carbons (Fsp3) is 0.0909. The van der Waals surface area contributed by atoms with E-state index in [1.54, 1.807) is 18.9 Å². The van der Waals surface area contributed by atoms with E-state index in [9.17, 15) is 0 Å². The lowest BCUT2D eigenvalue weighted by Gasteiger charge is -2.05. The lowest BCUT2D eigenvalue weighted by molar-refractivity contribution is 0.414. The highest BCUT2D eigenvalue weighted by atomic mass is 32.2. The van der Waals surface area contributed by atoms with Crippen LogP contribution in [0.3, 0.4) is 0 Å². The first-order valence-corrected chi connectivity index (χ1v) is 8.97. The summed E-state index contributed by atoms with van der Waals surface area (Å²) in [6.07, 6.45) is 0. The SMILES string of the molecule is COc1ccc(Sc2c(-c3ccccc3)oc3ccc(C)cc23)cc1. The Labute approximate surface area is 151 Å². The Hall–Kier alpha value is -2.65. The van der Waals surface area contributed by atoms with Crippen molar-refractivity contribution < 1.29 is 9.15 Å². The minimum atomic E-state index is 0.862. The maximum atomic E-state index is 6.21.